The molecule has 0 spiro atoms. The maximum atomic E-state index is 12.2. The molecular formula is C14H16N2O2. The average Bonchev–Trinajstić information content (AvgIpc) is 2.40. The van der Waals surface area contributed by atoms with E-state index in [1.807, 2.05) is 4.90 Å². The molecule has 1 aromatic carbocycles. The summed E-state index contributed by atoms with van der Waals surface area (Å²) in [6.45, 7) is 3.87. The molecule has 0 N–H and O–H groups in total. The number of rotatable bonds is 2. The second kappa shape index (κ2) is 5.61. The molecule has 1 aliphatic rings. The quantitative estimate of drug-likeness (QED) is 0.593. The fourth-order valence-electron chi connectivity index (χ4n) is 2.13. The van der Waals surface area contributed by atoms with Crippen LogP contribution in [0, 0.1) is 5.92 Å². The second-order valence-electron chi connectivity index (χ2n) is 4.72. The summed E-state index contributed by atoms with van der Waals surface area (Å²) >= 11 is 0. The van der Waals surface area contributed by atoms with E-state index in [2.05, 4.69) is 11.9 Å². The SMILES string of the molecule is CC1CCN(C(=O)c2ccc(N=C=O)cc2)CC1. The minimum Gasteiger partial charge on any atom is -0.339 e. The Morgan fingerprint density at radius 2 is 1.89 bits per heavy atom. The highest BCUT2D eigenvalue weighted by Crippen LogP contribution is 2.19. The van der Waals surface area contributed by atoms with Crippen molar-refractivity contribution in [3.63, 3.8) is 0 Å². The normalized spacial score (nSPS) is 16.2. The number of amides is 1. The van der Waals surface area contributed by atoms with E-state index in [9.17, 15) is 9.59 Å². The van der Waals surface area contributed by atoms with Crippen LogP contribution in [0.5, 0.6) is 0 Å². The van der Waals surface area contributed by atoms with Gasteiger partial charge in [-0.25, -0.2) is 4.79 Å². The van der Waals surface area contributed by atoms with Crippen molar-refractivity contribution in [3.8, 4) is 0 Å². The largest absolute Gasteiger partial charge is 0.339 e. The van der Waals surface area contributed by atoms with Gasteiger partial charge >= 0.3 is 0 Å². The zero-order valence-electron chi connectivity index (χ0n) is 10.4. The number of hydrogen-bond donors (Lipinski definition) is 0. The van der Waals surface area contributed by atoms with Gasteiger partial charge in [0.25, 0.3) is 5.91 Å². The number of carbonyl (C=O) groups excluding carboxylic acids is 2. The summed E-state index contributed by atoms with van der Waals surface area (Å²) in [4.78, 5) is 27.7. The molecule has 1 heterocycles. The number of isocyanates is 1. The van der Waals surface area contributed by atoms with Crippen molar-refractivity contribution in [2.45, 2.75) is 19.8 Å². The van der Waals surface area contributed by atoms with E-state index in [1.165, 1.54) is 6.08 Å². The molecule has 18 heavy (non-hydrogen) atoms. The summed E-state index contributed by atoms with van der Waals surface area (Å²) in [5.74, 6) is 0.766. The van der Waals surface area contributed by atoms with Crippen molar-refractivity contribution in [2.75, 3.05) is 13.1 Å². The third kappa shape index (κ3) is 2.84. The van der Waals surface area contributed by atoms with E-state index in [4.69, 9.17) is 0 Å². The molecule has 0 unspecified atom stereocenters. The molecule has 0 saturated carbocycles. The molecule has 1 aromatic rings. The first-order chi connectivity index (χ1) is 8.70. The van der Waals surface area contributed by atoms with Gasteiger partial charge in [0.15, 0.2) is 0 Å². The summed E-state index contributed by atoms with van der Waals surface area (Å²) in [7, 11) is 0. The fourth-order valence-corrected chi connectivity index (χ4v) is 2.13. The van der Waals surface area contributed by atoms with Crippen molar-refractivity contribution in [1.82, 2.24) is 4.90 Å². The number of hydrogen-bond acceptors (Lipinski definition) is 3. The first kappa shape index (κ1) is 12.5. The minimum absolute atomic E-state index is 0.0588. The summed E-state index contributed by atoms with van der Waals surface area (Å²) in [5.41, 5.74) is 1.17. The lowest BCUT2D eigenvalue weighted by Crippen LogP contribution is -2.37. The molecule has 4 nitrogen and oxygen atoms in total. The Kier molecular flexibility index (Phi) is 3.90. The third-order valence-electron chi connectivity index (χ3n) is 3.36. The van der Waals surface area contributed by atoms with Crippen LogP contribution in [0.25, 0.3) is 0 Å². The van der Waals surface area contributed by atoms with Gasteiger partial charge in [-0.15, -0.1) is 0 Å². The van der Waals surface area contributed by atoms with E-state index in [0.29, 0.717) is 17.2 Å². The van der Waals surface area contributed by atoms with Crippen LogP contribution in [0.2, 0.25) is 0 Å². The lowest BCUT2D eigenvalue weighted by atomic mass is 9.98. The molecule has 0 aliphatic carbocycles. The van der Waals surface area contributed by atoms with Gasteiger partial charge in [-0.1, -0.05) is 6.92 Å². The Balaban J connectivity index is 2.06. The van der Waals surface area contributed by atoms with E-state index >= 15 is 0 Å². The van der Waals surface area contributed by atoms with Gasteiger partial charge in [0.2, 0.25) is 6.08 Å². The van der Waals surface area contributed by atoms with Gasteiger partial charge in [-0.3, -0.25) is 4.79 Å². The molecule has 4 heteroatoms. The number of aliphatic imine (C=N–C) groups is 1. The van der Waals surface area contributed by atoms with Gasteiger partial charge in [-0.2, -0.15) is 4.99 Å². The third-order valence-corrected chi connectivity index (χ3v) is 3.36. The van der Waals surface area contributed by atoms with Gasteiger partial charge in [0, 0.05) is 18.7 Å². The zero-order chi connectivity index (χ0) is 13.0. The summed E-state index contributed by atoms with van der Waals surface area (Å²) in [6, 6.07) is 6.72. The summed E-state index contributed by atoms with van der Waals surface area (Å²) in [5, 5.41) is 0. The average molecular weight is 244 g/mol. The highest BCUT2D eigenvalue weighted by atomic mass is 16.2. The fraction of sp³-hybridized carbons (Fsp3) is 0.429. The number of likely N-dealkylation sites (tertiary alicyclic amines) is 1. The summed E-state index contributed by atoms with van der Waals surface area (Å²) in [6.07, 6.45) is 3.62. The minimum atomic E-state index is 0.0588. The van der Waals surface area contributed by atoms with Crippen LogP contribution in [0.15, 0.2) is 29.3 Å². The van der Waals surface area contributed by atoms with Crippen LogP contribution in [-0.2, 0) is 4.79 Å². The van der Waals surface area contributed by atoms with E-state index in [-0.39, 0.29) is 5.91 Å². The number of piperidine rings is 1. The van der Waals surface area contributed by atoms with Crippen LogP contribution < -0.4 is 0 Å². The Labute approximate surface area is 106 Å². The standard InChI is InChI=1S/C14H16N2O2/c1-11-6-8-16(9-7-11)14(18)12-2-4-13(5-3-12)15-10-17/h2-5,11H,6-9H2,1H3. The van der Waals surface area contributed by atoms with Crippen LogP contribution in [0.3, 0.4) is 0 Å². The molecule has 0 aromatic heterocycles. The molecular weight excluding hydrogens is 228 g/mol. The van der Waals surface area contributed by atoms with Crippen molar-refractivity contribution in [2.24, 2.45) is 10.9 Å². The van der Waals surface area contributed by atoms with Crippen molar-refractivity contribution in [3.05, 3.63) is 29.8 Å². The van der Waals surface area contributed by atoms with E-state index < -0.39 is 0 Å². The predicted molar refractivity (Wildman–Crippen MR) is 68.5 cm³/mol. The number of benzene rings is 1. The van der Waals surface area contributed by atoms with Crippen LogP contribution in [0.4, 0.5) is 5.69 Å². The lowest BCUT2D eigenvalue weighted by Gasteiger charge is -2.30. The zero-order valence-corrected chi connectivity index (χ0v) is 10.4. The molecule has 1 fully saturated rings. The highest BCUT2D eigenvalue weighted by Gasteiger charge is 2.21. The Bertz CT molecular complexity index is 467. The first-order valence-electron chi connectivity index (χ1n) is 6.18. The van der Waals surface area contributed by atoms with Crippen molar-refractivity contribution in [1.29, 1.82) is 0 Å². The maximum absolute atomic E-state index is 12.2. The topological polar surface area (TPSA) is 49.7 Å². The molecule has 0 radical (unpaired) electrons. The maximum Gasteiger partial charge on any atom is 0.253 e. The molecule has 2 rings (SSSR count). The lowest BCUT2D eigenvalue weighted by molar-refractivity contribution is 0.0697. The molecule has 1 aliphatic heterocycles. The number of carbonyl (C=O) groups is 1. The molecule has 1 amide bonds. The van der Waals surface area contributed by atoms with E-state index in [0.717, 1.165) is 25.9 Å². The Morgan fingerprint density at radius 3 is 2.44 bits per heavy atom. The second-order valence-corrected chi connectivity index (χ2v) is 4.72. The van der Waals surface area contributed by atoms with Gasteiger partial charge in [-0.05, 0) is 43.0 Å². The van der Waals surface area contributed by atoms with Crippen molar-refractivity contribution >= 4 is 17.7 Å². The van der Waals surface area contributed by atoms with Crippen molar-refractivity contribution < 1.29 is 9.59 Å². The Morgan fingerprint density at radius 1 is 1.28 bits per heavy atom. The van der Waals surface area contributed by atoms with Crippen LogP contribution >= 0.6 is 0 Å². The van der Waals surface area contributed by atoms with Gasteiger partial charge in [0.05, 0.1) is 5.69 Å². The van der Waals surface area contributed by atoms with Gasteiger partial charge in [0.1, 0.15) is 0 Å². The smallest absolute Gasteiger partial charge is 0.253 e. The Hall–Kier alpha value is -1.93. The summed E-state index contributed by atoms with van der Waals surface area (Å²) < 4.78 is 0. The first-order valence-corrected chi connectivity index (χ1v) is 6.18. The molecule has 1 saturated heterocycles. The predicted octanol–water partition coefficient (Wildman–Crippen LogP) is 2.53. The van der Waals surface area contributed by atoms with Crippen LogP contribution in [-0.4, -0.2) is 30.0 Å². The monoisotopic (exact) mass is 244 g/mol. The van der Waals surface area contributed by atoms with Gasteiger partial charge < -0.3 is 4.90 Å². The highest BCUT2D eigenvalue weighted by molar-refractivity contribution is 5.94. The van der Waals surface area contributed by atoms with E-state index in [1.54, 1.807) is 24.3 Å². The molecule has 94 valence electrons. The number of nitrogens with zero attached hydrogens (tertiary/aromatic N) is 2. The van der Waals surface area contributed by atoms with Crippen LogP contribution in [0.1, 0.15) is 30.1 Å². The molecule has 0 bridgehead atoms. The molecule has 0 atom stereocenters.